The molecule has 2 aromatic carbocycles. The number of carbonyl (C=O) groups excluding carboxylic acids is 15. The number of benzene rings is 2. The van der Waals surface area contributed by atoms with Crippen molar-refractivity contribution in [1.29, 1.82) is 5.41 Å². The van der Waals surface area contributed by atoms with Gasteiger partial charge in [0, 0.05) is 57.1 Å². The number of likely N-dealkylation sites (tertiary alicyclic amines) is 1. The number of guanidine groups is 1. The van der Waals surface area contributed by atoms with E-state index in [2.05, 4.69) is 97.0 Å². The Kier molecular flexibility index (Phi) is 48.3. The standard InChI is InChI=1S/C80H122N24O25S/c1-42(105)65(103-74(123)55(35-45-38-88-41-91-45)98-67(116)48(16-5-8-28-81)93-66(115)47(84)15-11-31-89-80(86)87)77(126)90-39-61(108)92-50(25-27-62(109)110)69(118)96-52(18-7-10-30-83)78(127)104-32-12-19-59(104)76(125)100-54(34-44-20-22-46(106)23-21-44)72(121)95-51(24-26-60(85)107)70(119)102-58(40-130)75(124)99-56(36-63(111)112)73(122)97-53(33-43-13-3-2-4-14-43)71(120)94-49(17-6-9-29-82)68(117)101-57(79(128)129)37-64(113)114/h2-4,13-14,20-23,38,41-42,47-59,65,105-106,130H,5-12,15-19,24-37,39-40,81-84H2,1H3,(H2,85,107)(H,88,91)(H,90,126)(H,92,108)(H,93,115)(H,94,120)(H,95,121)(H,96,118)(H,97,122)(H,98,116)(H,99,124)(H,100,125)(H,101,117)(H,102,119)(H,103,123)(H,109,110)(H,111,112)(H,113,114)(H,128,129)(H4,86,87,89)/t42-,47+,48+,49+,50+,51+,52+,53+,54+,55+,56+,57+,58+,59+,65+/m1/s1. The van der Waals surface area contributed by atoms with Gasteiger partial charge in [0.25, 0.3) is 0 Å². The molecule has 49 nitrogen and oxygen atoms in total. The molecule has 130 heavy (non-hydrogen) atoms. The van der Waals surface area contributed by atoms with E-state index in [0.717, 1.165) is 11.8 Å². The van der Waals surface area contributed by atoms with Crippen molar-refractivity contribution in [3.8, 4) is 5.75 Å². The summed E-state index contributed by atoms with van der Waals surface area (Å²) in [5.74, 6) is -23.6. The van der Waals surface area contributed by atoms with Gasteiger partial charge in [-0.05, 0) is 146 Å². The summed E-state index contributed by atoms with van der Waals surface area (Å²) in [5.41, 5.74) is 35.1. The van der Waals surface area contributed by atoms with Crippen molar-refractivity contribution in [3.63, 3.8) is 0 Å². The number of thiol groups is 1. The third-order valence-electron chi connectivity index (χ3n) is 20.3. The summed E-state index contributed by atoms with van der Waals surface area (Å²) in [4.78, 5) is 267. The molecule has 1 aliphatic heterocycles. The van der Waals surface area contributed by atoms with E-state index in [0.29, 0.717) is 31.2 Å². The van der Waals surface area contributed by atoms with E-state index in [1.54, 1.807) is 30.3 Å². The number of H-pyrrole nitrogens is 1. The fraction of sp³-hybridized carbons (Fsp3) is 0.562. The number of amides is 15. The maximum Gasteiger partial charge on any atom is 0.326 e. The first kappa shape index (κ1) is 109. The first-order valence-corrected chi connectivity index (χ1v) is 42.7. The van der Waals surface area contributed by atoms with Gasteiger partial charge in [0.1, 0.15) is 84.3 Å². The Morgan fingerprint density at radius 1 is 0.492 bits per heavy atom. The summed E-state index contributed by atoms with van der Waals surface area (Å²) in [7, 11) is 0. The van der Waals surface area contributed by atoms with Crippen molar-refractivity contribution >= 4 is 131 Å². The Labute approximate surface area is 752 Å². The molecule has 0 unspecified atom stereocenters. The molecule has 50 heteroatoms. The number of carboxylic acids is 4. The number of nitrogens with two attached hydrogens (primary N) is 6. The van der Waals surface area contributed by atoms with Gasteiger partial charge in [-0.3, -0.25) is 91.7 Å². The van der Waals surface area contributed by atoms with Crippen LogP contribution in [0.2, 0.25) is 0 Å². The minimum absolute atomic E-state index is 0.0399. The molecule has 4 rings (SSSR count). The maximum absolute atomic E-state index is 14.9. The molecule has 0 saturated carbocycles. The molecule has 3 aromatic rings. The monoisotopic (exact) mass is 1850 g/mol. The summed E-state index contributed by atoms with van der Waals surface area (Å²) in [6.45, 7) is 0.674. The van der Waals surface area contributed by atoms with E-state index in [1.807, 2.05) is 0 Å². The Morgan fingerprint density at radius 3 is 1.45 bits per heavy atom. The summed E-state index contributed by atoms with van der Waals surface area (Å²) in [6.07, 6.45) is -3.00. The zero-order valence-corrected chi connectivity index (χ0v) is 72.7. The average molecular weight is 1850 g/mol. The number of aliphatic carboxylic acids is 4. The van der Waals surface area contributed by atoms with E-state index in [-0.39, 0.29) is 126 Å². The molecule has 0 spiro atoms. The van der Waals surface area contributed by atoms with Gasteiger partial charge in [-0.15, -0.1) is 0 Å². The van der Waals surface area contributed by atoms with Gasteiger partial charge < -0.3 is 149 Å². The molecule has 2 heterocycles. The number of carbonyl (C=O) groups is 19. The number of hydrogen-bond acceptors (Lipinski definition) is 28. The minimum Gasteiger partial charge on any atom is -0.508 e. The number of nitrogens with zero attached hydrogens (tertiary/aromatic N) is 2. The van der Waals surface area contributed by atoms with Gasteiger partial charge in [0.2, 0.25) is 88.6 Å². The second kappa shape index (κ2) is 57.6. The topological polar surface area (TPSA) is 826 Å². The number of unbranched alkanes of at least 4 members (excludes halogenated alkanes) is 3. The van der Waals surface area contributed by atoms with E-state index in [9.17, 15) is 122 Å². The number of aromatic nitrogens is 2. The Balaban J connectivity index is 1.57. The molecule has 34 N–H and O–H groups in total. The van der Waals surface area contributed by atoms with Crippen molar-refractivity contribution in [1.82, 2.24) is 89.3 Å². The van der Waals surface area contributed by atoms with Gasteiger partial charge in [-0.25, -0.2) is 9.78 Å². The lowest BCUT2D eigenvalue weighted by molar-refractivity contribution is -0.147. The van der Waals surface area contributed by atoms with Crippen molar-refractivity contribution < 1.29 is 122 Å². The second-order valence-corrected chi connectivity index (χ2v) is 31.2. The largest absolute Gasteiger partial charge is 0.508 e. The molecule has 1 fully saturated rings. The van der Waals surface area contributed by atoms with Crippen LogP contribution in [0.25, 0.3) is 0 Å². The summed E-state index contributed by atoms with van der Waals surface area (Å²) >= 11 is 4.20. The quantitative estimate of drug-likeness (QED) is 0.0108. The molecule has 0 bridgehead atoms. The number of carboxylic acid groups (broad SMARTS) is 4. The SMILES string of the molecule is C[C@@H](O)[C@H](NC(=O)[C@H](Cc1c[nH]cn1)NC(=O)[C@H](CCCCN)NC(=O)[C@@H](N)CCCNC(=N)N)C(=O)NCC(=O)N[C@@H](CCC(=O)O)C(=O)N[C@@H](CCCCN)C(=O)N1CCC[C@H]1C(=O)N[C@@H](Cc1ccc(O)cc1)C(=O)N[C@@H](CCC(N)=O)C(=O)N[C@@H](CS)C(=O)N[C@@H](CC(=O)O)C(=O)N[C@@H](Cc1ccccc1)C(=O)N[C@@H](CCCCN)C(=O)N[C@@H](CC(=O)O)C(=O)O. The highest BCUT2D eigenvalue weighted by Crippen LogP contribution is 2.23. The number of phenols is 1. The van der Waals surface area contributed by atoms with E-state index >= 15 is 0 Å². The lowest BCUT2D eigenvalue weighted by atomic mass is 10.0. The average Bonchev–Trinajstić information content (AvgIpc) is 1.63. The number of aromatic hydroxyl groups is 1. The lowest BCUT2D eigenvalue weighted by Crippen LogP contribution is -2.61. The highest BCUT2D eigenvalue weighted by molar-refractivity contribution is 7.80. The predicted octanol–water partition coefficient (Wildman–Crippen LogP) is -8.48. The second-order valence-electron chi connectivity index (χ2n) is 30.8. The third kappa shape index (κ3) is 40.0. The number of hydrogen-bond donors (Lipinski definition) is 29. The first-order chi connectivity index (χ1) is 61.7. The normalized spacial score (nSPS) is 15.4. The van der Waals surface area contributed by atoms with E-state index < -0.39 is 260 Å². The predicted molar refractivity (Wildman–Crippen MR) is 464 cm³/mol. The molecule has 0 aliphatic carbocycles. The van der Waals surface area contributed by atoms with Crippen LogP contribution >= 0.6 is 12.6 Å². The van der Waals surface area contributed by atoms with Gasteiger partial charge in [-0.2, -0.15) is 12.6 Å². The van der Waals surface area contributed by atoms with Crippen LogP contribution in [0.4, 0.5) is 0 Å². The molecule has 718 valence electrons. The number of imidazole rings is 1. The smallest absolute Gasteiger partial charge is 0.326 e. The van der Waals surface area contributed by atoms with E-state index in [4.69, 9.17) is 39.8 Å². The Bertz CT molecular complexity index is 4330. The van der Waals surface area contributed by atoms with Gasteiger partial charge >= 0.3 is 23.9 Å². The van der Waals surface area contributed by atoms with Crippen LogP contribution < -0.4 is 109 Å². The van der Waals surface area contributed by atoms with Crippen LogP contribution in [-0.2, 0) is 110 Å². The van der Waals surface area contributed by atoms with Crippen LogP contribution in [0, 0.1) is 5.41 Å². The number of primary amides is 1. The van der Waals surface area contributed by atoms with Gasteiger partial charge in [-0.1, -0.05) is 42.5 Å². The number of aliphatic hydroxyl groups excluding tert-OH is 1. The van der Waals surface area contributed by atoms with Crippen LogP contribution in [0.5, 0.6) is 5.75 Å². The molecular formula is C80H122N24O25S. The lowest BCUT2D eigenvalue weighted by Gasteiger charge is -2.31. The molecule has 1 aliphatic rings. The minimum atomic E-state index is -2.07. The molecule has 15 atom stereocenters. The summed E-state index contributed by atoms with van der Waals surface area (Å²) < 4.78 is 0. The highest BCUT2D eigenvalue weighted by atomic mass is 32.1. The maximum atomic E-state index is 14.9. The molecule has 1 saturated heterocycles. The number of rotatable bonds is 62. The first-order valence-electron chi connectivity index (χ1n) is 42.1. The van der Waals surface area contributed by atoms with Gasteiger partial charge in [0.05, 0.1) is 43.6 Å². The zero-order chi connectivity index (χ0) is 96.7. The fourth-order valence-electron chi connectivity index (χ4n) is 13.4. The van der Waals surface area contributed by atoms with Crippen molar-refractivity contribution in [2.75, 3.05) is 45.0 Å². The Hall–Kier alpha value is -13.2. The number of aromatic amines is 1. The van der Waals surface area contributed by atoms with E-state index in [1.165, 1.54) is 36.8 Å². The molecule has 1 aromatic heterocycles. The molecule has 15 amide bonds. The van der Waals surface area contributed by atoms with Crippen LogP contribution in [-0.4, -0.2) is 300 Å². The number of aliphatic hydroxyl groups is 1. The summed E-state index contributed by atoms with van der Waals surface area (Å²) in [6, 6.07) is -10.0. The van der Waals surface area contributed by atoms with Crippen LogP contribution in [0.1, 0.15) is 146 Å². The van der Waals surface area contributed by atoms with Crippen LogP contribution in [0.3, 0.4) is 0 Å². The number of nitrogens with one attached hydrogen (secondary N) is 16. The highest BCUT2D eigenvalue weighted by Gasteiger charge is 2.42. The molecular weight excluding hydrogens is 1730 g/mol. The van der Waals surface area contributed by atoms with Crippen molar-refractivity contribution in [2.45, 2.75) is 239 Å². The van der Waals surface area contributed by atoms with Crippen molar-refractivity contribution in [2.24, 2.45) is 34.4 Å². The van der Waals surface area contributed by atoms with Crippen molar-refractivity contribution in [3.05, 3.63) is 83.9 Å². The fourth-order valence-corrected chi connectivity index (χ4v) is 13.6. The summed E-state index contributed by atoms with van der Waals surface area (Å²) in [5, 5.41) is 101. The number of phenolic OH excluding ortho intramolecular Hbond substituents is 1. The van der Waals surface area contributed by atoms with Gasteiger partial charge in [0.15, 0.2) is 5.96 Å². The zero-order valence-electron chi connectivity index (χ0n) is 71.8. The van der Waals surface area contributed by atoms with Crippen LogP contribution in [0.15, 0.2) is 67.1 Å². The molecule has 0 radical (unpaired) electrons. The third-order valence-corrected chi connectivity index (χ3v) is 20.7. The Morgan fingerprint density at radius 2 is 0.938 bits per heavy atom.